The van der Waals surface area contributed by atoms with E-state index in [9.17, 15) is 14.7 Å². The number of carbonyl (C=O) groups excluding carboxylic acids is 2. The standard InChI is InChI=1S/C24H20N2O5/c1-30-16-9-7-8-15(14-16)26-21(18-11-5-6-13-25-18)20(23(28)24(26)29)22(27)17-10-3-4-12-19(17)31-2/h3-14,21,27H,1-2H3/b22-20+. The Balaban J connectivity index is 1.96. The number of ether oxygens (including phenoxy) is 2. The number of anilines is 1. The zero-order valence-electron chi connectivity index (χ0n) is 17.0. The summed E-state index contributed by atoms with van der Waals surface area (Å²) in [6, 6.07) is 17.9. The molecular weight excluding hydrogens is 396 g/mol. The van der Waals surface area contributed by atoms with Crippen LogP contribution in [0.5, 0.6) is 11.5 Å². The van der Waals surface area contributed by atoms with Crippen molar-refractivity contribution in [1.82, 2.24) is 4.98 Å². The number of hydrogen-bond acceptors (Lipinski definition) is 6. The van der Waals surface area contributed by atoms with Gasteiger partial charge in [0.15, 0.2) is 0 Å². The molecule has 4 rings (SSSR count). The maximum absolute atomic E-state index is 13.1. The highest BCUT2D eigenvalue weighted by Gasteiger charge is 2.47. The van der Waals surface area contributed by atoms with Crippen molar-refractivity contribution >= 4 is 23.1 Å². The number of para-hydroxylation sites is 1. The van der Waals surface area contributed by atoms with E-state index >= 15 is 0 Å². The summed E-state index contributed by atoms with van der Waals surface area (Å²) in [4.78, 5) is 31.9. The van der Waals surface area contributed by atoms with Gasteiger partial charge < -0.3 is 14.6 Å². The lowest BCUT2D eigenvalue weighted by molar-refractivity contribution is -0.132. The number of aliphatic hydroxyl groups is 1. The van der Waals surface area contributed by atoms with E-state index < -0.39 is 17.7 Å². The SMILES string of the molecule is COc1cccc(N2C(=O)C(=O)/C(=C(/O)c3ccccc3OC)C2c2ccccn2)c1. The zero-order chi connectivity index (χ0) is 22.0. The molecule has 1 N–H and O–H groups in total. The van der Waals surface area contributed by atoms with Crippen molar-refractivity contribution in [3.63, 3.8) is 0 Å². The van der Waals surface area contributed by atoms with Crippen molar-refractivity contribution in [1.29, 1.82) is 0 Å². The number of aromatic nitrogens is 1. The van der Waals surface area contributed by atoms with Crippen LogP contribution in [0.25, 0.3) is 5.76 Å². The fourth-order valence-electron chi connectivity index (χ4n) is 3.66. The molecule has 1 amide bonds. The van der Waals surface area contributed by atoms with Crippen molar-refractivity contribution in [2.45, 2.75) is 6.04 Å². The fourth-order valence-corrected chi connectivity index (χ4v) is 3.66. The minimum atomic E-state index is -0.918. The smallest absolute Gasteiger partial charge is 0.300 e. The maximum atomic E-state index is 13.1. The molecule has 7 nitrogen and oxygen atoms in total. The molecule has 31 heavy (non-hydrogen) atoms. The molecule has 1 atom stereocenters. The first kappa shape index (κ1) is 20.2. The zero-order valence-corrected chi connectivity index (χ0v) is 17.0. The summed E-state index contributed by atoms with van der Waals surface area (Å²) >= 11 is 0. The third-order valence-corrected chi connectivity index (χ3v) is 5.11. The Labute approximate surface area is 179 Å². The highest BCUT2D eigenvalue weighted by Crippen LogP contribution is 2.43. The predicted molar refractivity (Wildman–Crippen MR) is 115 cm³/mol. The monoisotopic (exact) mass is 416 g/mol. The van der Waals surface area contributed by atoms with Gasteiger partial charge in [0.2, 0.25) is 0 Å². The molecule has 1 unspecified atom stereocenters. The van der Waals surface area contributed by atoms with Crippen molar-refractivity contribution in [3.8, 4) is 11.5 Å². The van der Waals surface area contributed by atoms with Gasteiger partial charge in [0.1, 0.15) is 23.3 Å². The molecule has 156 valence electrons. The van der Waals surface area contributed by atoms with Crippen LogP contribution >= 0.6 is 0 Å². The van der Waals surface area contributed by atoms with Gasteiger partial charge in [0.25, 0.3) is 11.7 Å². The third-order valence-electron chi connectivity index (χ3n) is 5.11. The second-order valence-corrected chi connectivity index (χ2v) is 6.83. The Morgan fingerprint density at radius 3 is 2.45 bits per heavy atom. The number of rotatable bonds is 5. The molecule has 1 fully saturated rings. The van der Waals surface area contributed by atoms with Crippen LogP contribution in [-0.4, -0.2) is 36.0 Å². The van der Waals surface area contributed by atoms with Gasteiger partial charge in [0.05, 0.1) is 31.1 Å². The second kappa shape index (κ2) is 8.31. The van der Waals surface area contributed by atoms with E-state index in [1.54, 1.807) is 72.9 Å². The van der Waals surface area contributed by atoms with Crippen molar-refractivity contribution < 1.29 is 24.2 Å². The Kier molecular flexibility index (Phi) is 5.41. The largest absolute Gasteiger partial charge is 0.507 e. The third kappa shape index (κ3) is 3.50. The summed E-state index contributed by atoms with van der Waals surface area (Å²) in [6.07, 6.45) is 1.57. The number of ketones is 1. The lowest BCUT2D eigenvalue weighted by atomic mass is 9.97. The summed E-state index contributed by atoms with van der Waals surface area (Å²) in [5.74, 6) is -0.977. The van der Waals surface area contributed by atoms with Gasteiger partial charge in [-0.2, -0.15) is 0 Å². The van der Waals surface area contributed by atoms with Gasteiger partial charge in [-0.15, -0.1) is 0 Å². The fraction of sp³-hybridized carbons (Fsp3) is 0.125. The lowest BCUT2D eigenvalue weighted by Crippen LogP contribution is -2.29. The molecular formula is C24H20N2O5. The van der Waals surface area contributed by atoms with Gasteiger partial charge in [-0.3, -0.25) is 19.5 Å². The number of hydrogen-bond donors (Lipinski definition) is 1. The van der Waals surface area contributed by atoms with E-state index in [-0.39, 0.29) is 11.3 Å². The van der Waals surface area contributed by atoms with E-state index in [4.69, 9.17) is 9.47 Å². The molecule has 0 spiro atoms. The molecule has 2 aromatic carbocycles. The number of amides is 1. The van der Waals surface area contributed by atoms with Crippen LogP contribution in [0, 0.1) is 0 Å². The molecule has 2 heterocycles. The molecule has 1 aliphatic heterocycles. The van der Waals surface area contributed by atoms with Crippen LogP contribution in [0.3, 0.4) is 0 Å². The van der Waals surface area contributed by atoms with Crippen LogP contribution in [0.2, 0.25) is 0 Å². The second-order valence-electron chi connectivity index (χ2n) is 6.83. The van der Waals surface area contributed by atoms with Crippen molar-refractivity contribution in [2.24, 2.45) is 0 Å². The molecule has 0 radical (unpaired) electrons. The normalized spacial score (nSPS) is 17.6. The first-order valence-corrected chi connectivity index (χ1v) is 9.56. The highest BCUT2D eigenvalue weighted by molar-refractivity contribution is 6.51. The molecule has 7 heteroatoms. The summed E-state index contributed by atoms with van der Waals surface area (Å²) in [5.41, 5.74) is 1.16. The molecule has 1 aliphatic rings. The lowest BCUT2D eigenvalue weighted by Gasteiger charge is -2.25. The number of nitrogens with zero attached hydrogens (tertiary/aromatic N) is 2. The Morgan fingerprint density at radius 2 is 1.74 bits per heavy atom. The summed E-state index contributed by atoms with van der Waals surface area (Å²) in [5, 5.41) is 11.2. The molecule has 0 aliphatic carbocycles. The topological polar surface area (TPSA) is 89.0 Å². The maximum Gasteiger partial charge on any atom is 0.300 e. The first-order valence-electron chi connectivity index (χ1n) is 9.56. The number of benzene rings is 2. The van der Waals surface area contributed by atoms with Gasteiger partial charge in [0, 0.05) is 18.0 Å². The number of Topliss-reactive ketones (excluding diaryl/α,β-unsaturated/α-hetero) is 1. The Bertz CT molecular complexity index is 1170. The van der Waals surface area contributed by atoms with E-state index in [1.165, 1.54) is 19.1 Å². The Morgan fingerprint density at radius 1 is 0.968 bits per heavy atom. The average Bonchev–Trinajstić information content (AvgIpc) is 3.09. The number of aliphatic hydroxyl groups excluding tert-OH is 1. The molecule has 0 saturated carbocycles. The summed E-state index contributed by atoms with van der Waals surface area (Å²) in [6.45, 7) is 0. The van der Waals surface area contributed by atoms with E-state index in [1.807, 2.05) is 0 Å². The van der Waals surface area contributed by atoms with Crippen LogP contribution < -0.4 is 14.4 Å². The molecule has 1 aromatic heterocycles. The van der Waals surface area contributed by atoms with Crippen molar-refractivity contribution in [3.05, 3.63) is 89.8 Å². The number of pyridine rings is 1. The molecule has 1 saturated heterocycles. The summed E-state index contributed by atoms with van der Waals surface area (Å²) in [7, 11) is 2.99. The molecule has 3 aromatic rings. The highest BCUT2D eigenvalue weighted by atomic mass is 16.5. The van der Waals surface area contributed by atoms with Gasteiger partial charge in [-0.25, -0.2) is 0 Å². The van der Waals surface area contributed by atoms with Gasteiger partial charge >= 0.3 is 0 Å². The van der Waals surface area contributed by atoms with Gasteiger partial charge in [-0.1, -0.05) is 24.3 Å². The van der Waals surface area contributed by atoms with E-state index in [0.717, 1.165) is 0 Å². The van der Waals surface area contributed by atoms with Crippen LogP contribution in [0.15, 0.2) is 78.5 Å². The van der Waals surface area contributed by atoms with Crippen LogP contribution in [0.1, 0.15) is 17.3 Å². The number of carbonyl (C=O) groups is 2. The number of methoxy groups -OCH3 is 2. The van der Waals surface area contributed by atoms with E-state index in [0.29, 0.717) is 28.4 Å². The quantitative estimate of drug-likeness (QED) is 0.387. The minimum absolute atomic E-state index is 0.0592. The van der Waals surface area contributed by atoms with Crippen molar-refractivity contribution in [2.75, 3.05) is 19.1 Å². The van der Waals surface area contributed by atoms with E-state index in [2.05, 4.69) is 4.98 Å². The van der Waals surface area contributed by atoms with Crippen LogP contribution in [-0.2, 0) is 9.59 Å². The Hall–Kier alpha value is -4.13. The van der Waals surface area contributed by atoms with Gasteiger partial charge in [-0.05, 0) is 36.4 Å². The molecule has 0 bridgehead atoms. The van der Waals surface area contributed by atoms with Crippen LogP contribution in [0.4, 0.5) is 5.69 Å². The predicted octanol–water partition coefficient (Wildman–Crippen LogP) is 3.73. The first-order chi connectivity index (χ1) is 15.1. The minimum Gasteiger partial charge on any atom is -0.507 e. The average molecular weight is 416 g/mol. The summed E-state index contributed by atoms with van der Waals surface area (Å²) < 4.78 is 10.6.